The normalized spacial score (nSPS) is 17.8. The van der Waals surface area contributed by atoms with Crippen molar-refractivity contribution in [2.75, 3.05) is 26.2 Å². The van der Waals surface area contributed by atoms with Crippen molar-refractivity contribution in [2.24, 2.45) is 0 Å². The summed E-state index contributed by atoms with van der Waals surface area (Å²) in [5.41, 5.74) is -0.0509. The molecule has 1 atom stereocenters. The number of unbranched alkanes of at least 4 members (excludes halogenated alkanes) is 1. The first-order valence-corrected chi connectivity index (χ1v) is 7.65. The summed E-state index contributed by atoms with van der Waals surface area (Å²) < 4.78 is 39.8. The van der Waals surface area contributed by atoms with Crippen molar-refractivity contribution in [2.45, 2.75) is 38.4 Å². The summed E-state index contributed by atoms with van der Waals surface area (Å²) in [7, 11) is 0. The molecule has 1 fully saturated rings. The Morgan fingerprint density at radius 3 is 2.41 bits per heavy atom. The maximum absolute atomic E-state index is 13.3. The van der Waals surface area contributed by atoms with Gasteiger partial charge in [-0.15, -0.1) is 12.4 Å². The molecule has 22 heavy (non-hydrogen) atoms. The number of nitrogens with zero attached hydrogens (tertiary/aromatic N) is 1. The molecule has 0 spiro atoms. The second kappa shape index (κ2) is 8.75. The van der Waals surface area contributed by atoms with Crippen LogP contribution in [0.2, 0.25) is 0 Å². The standard InChI is InChI=1S/C16H23F3N2.ClH/c1-2-3-8-15(21-11-9-20-10-12-21)13-6-4-5-7-14(13)16(17,18)19;/h4-7,15,20H,2-3,8-12H2,1H3;1H/t15-;/m0./s1. The van der Waals surface area contributed by atoms with Crippen LogP contribution in [0.5, 0.6) is 0 Å². The third kappa shape index (κ3) is 4.86. The Labute approximate surface area is 136 Å². The highest BCUT2D eigenvalue weighted by atomic mass is 35.5. The van der Waals surface area contributed by atoms with Crippen LogP contribution in [0.25, 0.3) is 0 Å². The smallest absolute Gasteiger partial charge is 0.314 e. The van der Waals surface area contributed by atoms with E-state index in [2.05, 4.69) is 17.1 Å². The Bertz CT molecular complexity index is 445. The monoisotopic (exact) mass is 336 g/mol. The summed E-state index contributed by atoms with van der Waals surface area (Å²) in [6.45, 7) is 5.37. The van der Waals surface area contributed by atoms with E-state index >= 15 is 0 Å². The number of nitrogens with one attached hydrogen (secondary N) is 1. The van der Waals surface area contributed by atoms with Crippen LogP contribution in [-0.2, 0) is 6.18 Å². The van der Waals surface area contributed by atoms with Crippen LogP contribution in [0.1, 0.15) is 43.4 Å². The molecule has 0 aliphatic carbocycles. The third-order valence-corrected chi connectivity index (χ3v) is 4.05. The summed E-state index contributed by atoms with van der Waals surface area (Å²) in [5.74, 6) is 0. The van der Waals surface area contributed by atoms with Gasteiger partial charge in [0.25, 0.3) is 0 Å². The average molecular weight is 337 g/mol. The molecule has 2 nitrogen and oxygen atoms in total. The Morgan fingerprint density at radius 1 is 1.18 bits per heavy atom. The molecular weight excluding hydrogens is 313 g/mol. The van der Waals surface area contributed by atoms with Crippen molar-refractivity contribution in [3.63, 3.8) is 0 Å². The molecule has 1 aromatic carbocycles. The summed E-state index contributed by atoms with van der Waals surface area (Å²) in [5, 5.41) is 3.26. The lowest BCUT2D eigenvalue weighted by molar-refractivity contribution is -0.138. The van der Waals surface area contributed by atoms with E-state index in [9.17, 15) is 13.2 Å². The van der Waals surface area contributed by atoms with Crippen molar-refractivity contribution < 1.29 is 13.2 Å². The highest BCUT2D eigenvalue weighted by molar-refractivity contribution is 5.85. The third-order valence-electron chi connectivity index (χ3n) is 4.05. The summed E-state index contributed by atoms with van der Waals surface area (Å²) in [6.07, 6.45) is -1.56. The zero-order valence-electron chi connectivity index (χ0n) is 12.8. The molecular formula is C16H24ClF3N2. The fourth-order valence-electron chi connectivity index (χ4n) is 2.97. The number of benzene rings is 1. The molecule has 1 heterocycles. The number of rotatable bonds is 5. The molecule has 2 rings (SSSR count). The summed E-state index contributed by atoms with van der Waals surface area (Å²) in [6, 6.07) is 5.90. The highest BCUT2D eigenvalue weighted by Gasteiger charge is 2.36. The predicted molar refractivity (Wildman–Crippen MR) is 85.4 cm³/mol. The molecule has 0 bridgehead atoms. The quantitative estimate of drug-likeness (QED) is 0.864. The van der Waals surface area contributed by atoms with Gasteiger partial charge in [-0.2, -0.15) is 13.2 Å². The van der Waals surface area contributed by atoms with Crippen molar-refractivity contribution in [1.29, 1.82) is 0 Å². The lowest BCUT2D eigenvalue weighted by Gasteiger charge is -2.36. The molecule has 0 aromatic heterocycles. The van der Waals surface area contributed by atoms with Gasteiger partial charge in [0.15, 0.2) is 0 Å². The zero-order chi connectivity index (χ0) is 15.3. The van der Waals surface area contributed by atoms with Gasteiger partial charge in [0.1, 0.15) is 0 Å². The summed E-state index contributed by atoms with van der Waals surface area (Å²) in [4.78, 5) is 2.19. The average Bonchev–Trinajstić information content (AvgIpc) is 2.48. The molecule has 1 aliphatic heterocycles. The van der Waals surface area contributed by atoms with Gasteiger partial charge in [-0.1, -0.05) is 38.0 Å². The lowest BCUT2D eigenvalue weighted by Crippen LogP contribution is -2.45. The number of hydrogen-bond acceptors (Lipinski definition) is 2. The molecule has 1 aromatic rings. The van der Waals surface area contributed by atoms with E-state index < -0.39 is 11.7 Å². The van der Waals surface area contributed by atoms with E-state index in [1.807, 2.05) is 0 Å². The second-order valence-corrected chi connectivity index (χ2v) is 5.53. The first kappa shape index (κ1) is 19.3. The highest BCUT2D eigenvalue weighted by Crippen LogP contribution is 2.38. The fraction of sp³-hybridized carbons (Fsp3) is 0.625. The Balaban J connectivity index is 0.00000242. The van der Waals surface area contributed by atoms with Gasteiger partial charge in [-0.05, 0) is 18.1 Å². The van der Waals surface area contributed by atoms with E-state index in [1.54, 1.807) is 12.1 Å². The maximum Gasteiger partial charge on any atom is 0.416 e. The van der Waals surface area contributed by atoms with E-state index in [-0.39, 0.29) is 18.4 Å². The molecule has 0 radical (unpaired) electrons. The van der Waals surface area contributed by atoms with Crippen LogP contribution < -0.4 is 5.32 Å². The minimum Gasteiger partial charge on any atom is -0.314 e. The molecule has 0 saturated carbocycles. The topological polar surface area (TPSA) is 15.3 Å². The first-order valence-electron chi connectivity index (χ1n) is 7.65. The first-order chi connectivity index (χ1) is 10.0. The summed E-state index contributed by atoms with van der Waals surface area (Å²) >= 11 is 0. The van der Waals surface area contributed by atoms with Gasteiger partial charge in [-0.25, -0.2) is 0 Å². The van der Waals surface area contributed by atoms with Crippen molar-refractivity contribution in [3.8, 4) is 0 Å². The molecule has 1 N–H and O–H groups in total. The zero-order valence-corrected chi connectivity index (χ0v) is 13.6. The van der Waals surface area contributed by atoms with E-state index in [0.717, 1.165) is 45.4 Å². The van der Waals surface area contributed by atoms with E-state index in [4.69, 9.17) is 0 Å². The van der Waals surface area contributed by atoms with Gasteiger partial charge in [0.05, 0.1) is 5.56 Å². The van der Waals surface area contributed by atoms with Crippen LogP contribution in [-0.4, -0.2) is 31.1 Å². The molecule has 126 valence electrons. The van der Waals surface area contributed by atoms with E-state index in [0.29, 0.717) is 5.56 Å². The lowest BCUT2D eigenvalue weighted by atomic mass is 9.94. The van der Waals surface area contributed by atoms with Gasteiger partial charge < -0.3 is 5.32 Å². The SMILES string of the molecule is CCCC[C@@H](c1ccccc1C(F)(F)F)N1CCNCC1.Cl. The maximum atomic E-state index is 13.3. The van der Waals surface area contributed by atoms with Crippen LogP contribution in [0, 0.1) is 0 Å². The van der Waals surface area contributed by atoms with Gasteiger partial charge in [0.2, 0.25) is 0 Å². The molecule has 0 amide bonds. The van der Waals surface area contributed by atoms with Crippen LogP contribution in [0.4, 0.5) is 13.2 Å². The molecule has 0 unspecified atom stereocenters. The number of alkyl halides is 3. The van der Waals surface area contributed by atoms with Gasteiger partial charge >= 0.3 is 6.18 Å². The van der Waals surface area contributed by atoms with Crippen LogP contribution >= 0.6 is 12.4 Å². The molecule has 1 saturated heterocycles. The number of piperazine rings is 1. The fourth-order valence-corrected chi connectivity index (χ4v) is 2.97. The molecule has 1 aliphatic rings. The Morgan fingerprint density at radius 2 is 1.82 bits per heavy atom. The number of hydrogen-bond donors (Lipinski definition) is 1. The second-order valence-electron chi connectivity index (χ2n) is 5.53. The minimum absolute atomic E-state index is 0. The Kier molecular flexibility index (Phi) is 7.66. The predicted octanol–water partition coefficient (Wildman–Crippen LogP) is 4.26. The van der Waals surface area contributed by atoms with Crippen molar-refractivity contribution in [3.05, 3.63) is 35.4 Å². The number of halogens is 4. The van der Waals surface area contributed by atoms with Crippen LogP contribution in [0.3, 0.4) is 0 Å². The minimum atomic E-state index is -4.28. The van der Waals surface area contributed by atoms with Crippen LogP contribution in [0.15, 0.2) is 24.3 Å². The van der Waals surface area contributed by atoms with Gasteiger partial charge in [-0.3, -0.25) is 4.90 Å². The van der Waals surface area contributed by atoms with Crippen molar-refractivity contribution in [1.82, 2.24) is 10.2 Å². The Hall–Kier alpha value is -0.780. The van der Waals surface area contributed by atoms with E-state index in [1.165, 1.54) is 12.1 Å². The van der Waals surface area contributed by atoms with Gasteiger partial charge in [0, 0.05) is 32.2 Å². The molecule has 6 heteroatoms. The van der Waals surface area contributed by atoms with Crippen molar-refractivity contribution >= 4 is 12.4 Å². The largest absolute Gasteiger partial charge is 0.416 e.